The standard InChI is InChI=1S/C19H26O8S/c1-3-13(19(22)27-11-16-10-26-16)9-15(8-12(2)18(20)21)14-4-6-17(7-5-14)28(23,24)25/h4-7,12-13,15-16H,3,8-11H2,1-2H3,(H,20,21)(H,23,24,25). The molecule has 9 heteroatoms. The highest BCUT2D eigenvalue weighted by Gasteiger charge is 2.29. The molecule has 0 amide bonds. The number of benzene rings is 1. The number of epoxide rings is 1. The van der Waals surface area contributed by atoms with E-state index in [1.54, 1.807) is 19.1 Å². The van der Waals surface area contributed by atoms with E-state index in [-0.39, 0.29) is 35.9 Å². The van der Waals surface area contributed by atoms with Gasteiger partial charge in [-0.25, -0.2) is 0 Å². The first-order valence-corrected chi connectivity index (χ1v) is 10.6. The lowest BCUT2D eigenvalue weighted by atomic mass is 9.82. The Morgan fingerprint density at radius 3 is 2.32 bits per heavy atom. The van der Waals surface area contributed by atoms with Crippen LogP contribution >= 0.6 is 0 Å². The Balaban J connectivity index is 2.17. The Bertz CT molecular complexity index is 783. The van der Waals surface area contributed by atoms with Crippen LogP contribution in [0.1, 0.15) is 44.6 Å². The van der Waals surface area contributed by atoms with E-state index in [0.717, 1.165) is 0 Å². The maximum absolute atomic E-state index is 12.4. The van der Waals surface area contributed by atoms with E-state index in [1.165, 1.54) is 12.1 Å². The van der Waals surface area contributed by atoms with Gasteiger partial charge in [0.05, 0.1) is 23.3 Å². The van der Waals surface area contributed by atoms with Crippen LogP contribution in [0.15, 0.2) is 29.2 Å². The summed E-state index contributed by atoms with van der Waals surface area (Å²) in [5.74, 6) is -2.62. The summed E-state index contributed by atoms with van der Waals surface area (Å²) in [6.45, 7) is 4.25. The molecule has 0 aliphatic carbocycles. The van der Waals surface area contributed by atoms with Crippen LogP contribution in [0, 0.1) is 11.8 Å². The number of carbonyl (C=O) groups is 2. The van der Waals surface area contributed by atoms with Crippen molar-refractivity contribution in [2.45, 2.75) is 50.0 Å². The Hall–Kier alpha value is -1.97. The number of rotatable bonds is 11. The van der Waals surface area contributed by atoms with Crippen LogP contribution in [0.5, 0.6) is 0 Å². The zero-order chi connectivity index (χ0) is 20.9. The minimum atomic E-state index is -4.31. The van der Waals surface area contributed by atoms with Gasteiger partial charge in [0.1, 0.15) is 12.7 Å². The summed E-state index contributed by atoms with van der Waals surface area (Å²) in [6, 6.07) is 5.62. The molecule has 1 heterocycles. The minimum Gasteiger partial charge on any atom is -0.481 e. The first-order valence-electron chi connectivity index (χ1n) is 9.20. The number of ether oxygens (including phenoxy) is 2. The van der Waals surface area contributed by atoms with Crippen LogP contribution < -0.4 is 0 Å². The smallest absolute Gasteiger partial charge is 0.309 e. The molecule has 2 rings (SSSR count). The molecule has 1 aromatic rings. The molecule has 4 atom stereocenters. The molecule has 8 nitrogen and oxygen atoms in total. The predicted octanol–water partition coefficient (Wildman–Crippen LogP) is 2.49. The molecule has 1 fully saturated rings. The zero-order valence-corrected chi connectivity index (χ0v) is 16.7. The molecule has 0 aromatic heterocycles. The normalized spacial score (nSPS) is 19.5. The highest BCUT2D eigenvalue weighted by atomic mass is 32.2. The lowest BCUT2D eigenvalue weighted by Gasteiger charge is -2.24. The first kappa shape index (κ1) is 22.3. The Morgan fingerprint density at radius 2 is 1.86 bits per heavy atom. The van der Waals surface area contributed by atoms with E-state index >= 15 is 0 Å². The lowest BCUT2D eigenvalue weighted by molar-refractivity contribution is -0.149. The SMILES string of the molecule is CCC(CC(CC(C)C(=O)O)c1ccc(S(=O)(=O)O)cc1)C(=O)OCC1CO1. The molecule has 0 saturated carbocycles. The van der Waals surface area contributed by atoms with Gasteiger partial charge in [0.25, 0.3) is 10.1 Å². The third-order valence-corrected chi connectivity index (χ3v) is 5.79. The average Bonchev–Trinajstić information content (AvgIpc) is 3.46. The van der Waals surface area contributed by atoms with E-state index < -0.39 is 27.9 Å². The summed E-state index contributed by atoms with van der Waals surface area (Å²) in [5.41, 5.74) is 0.706. The molecule has 0 radical (unpaired) electrons. The van der Waals surface area contributed by atoms with Gasteiger partial charge < -0.3 is 14.6 Å². The van der Waals surface area contributed by atoms with Crippen LogP contribution in [-0.2, 0) is 29.2 Å². The highest BCUT2D eigenvalue weighted by molar-refractivity contribution is 7.85. The molecule has 0 spiro atoms. The summed E-state index contributed by atoms with van der Waals surface area (Å²) in [6.07, 6.45) is 1.17. The number of hydrogen-bond donors (Lipinski definition) is 2. The number of carboxylic acid groups (broad SMARTS) is 1. The second-order valence-corrected chi connectivity index (χ2v) is 8.56. The van der Waals surface area contributed by atoms with Crippen LogP contribution in [0.2, 0.25) is 0 Å². The summed E-state index contributed by atoms with van der Waals surface area (Å²) < 4.78 is 41.9. The van der Waals surface area contributed by atoms with Crippen molar-refractivity contribution in [3.63, 3.8) is 0 Å². The fourth-order valence-corrected chi connectivity index (χ4v) is 3.52. The van der Waals surface area contributed by atoms with Crippen molar-refractivity contribution in [1.29, 1.82) is 0 Å². The molecule has 2 N–H and O–H groups in total. The Labute approximate surface area is 164 Å². The number of hydrogen-bond acceptors (Lipinski definition) is 6. The molecular formula is C19H26O8S. The fraction of sp³-hybridized carbons (Fsp3) is 0.579. The van der Waals surface area contributed by atoms with Gasteiger partial charge in [0.15, 0.2) is 0 Å². The van der Waals surface area contributed by atoms with Gasteiger partial charge in [0, 0.05) is 0 Å². The predicted molar refractivity (Wildman–Crippen MR) is 99.5 cm³/mol. The van der Waals surface area contributed by atoms with Crippen molar-refractivity contribution in [2.75, 3.05) is 13.2 Å². The molecule has 1 aliphatic heterocycles. The zero-order valence-electron chi connectivity index (χ0n) is 15.9. The number of carbonyl (C=O) groups excluding carboxylic acids is 1. The molecule has 1 aromatic carbocycles. The van der Waals surface area contributed by atoms with Crippen LogP contribution in [0.3, 0.4) is 0 Å². The maximum Gasteiger partial charge on any atom is 0.309 e. The molecule has 4 unspecified atom stereocenters. The van der Waals surface area contributed by atoms with Gasteiger partial charge in [0.2, 0.25) is 0 Å². The van der Waals surface area contributed by atoms with E-state index in [0.29, 0.717) is 25.0 Å². The molecule has 28 heavy (non-hydrogen) atoms. The summed E-state index contributed by atoms with van der Waals surface area (Å²) >= 11 is 0. The van der Waals surface area contributed by atoms with E-state index in [4.69, 9.17) is 14.0 Å². The van der Waals surface area contributed by atoms with Crippen molar-refractivity contribution in [3.8, 4) is 0 Å². The van der Waals surface area contributed by atoms with Gasteiger partial charge >= 0.3 is 11.9 Å². The van der Waals surface area contributed by atoms with Crippen molar-refractivity contribution in [1.82, 2.24) is 0 Å². The lowest BCUT2D eigenvalue weighted by Crippen LogP contribution is -2.23. The number of aliphatic carboxylic acids is 1. The third-order valence-electron chi connectivity index (χ3n) is 4.92. The minimum absolute atomic E-state index is 0.0303. The Morgan fingerprint density at radius 1 is 1.25 bits per heavy atom. The monoisotopic (exact) mass is 414 g/mol. The highest BCUT2D eigenvalue weighted by Crippen LogP contribution is 2.33. The molecule has 156 valence electrons. The van der Waals surface area contributed by atoms with Crippen LogP contribution in [-0.4, -0.2) is 49.3 Å². The second kappa shape index (κ2) is 9.49. The van der Waals surface area contributed by atoms with Crippen LogP contribution in [0.25, 0.3) is 0 Å². The molecular weight excluding hydrogens is 388 g/mol. The third kappa shape index (κ3) is 6.57. The van der Waals surface area contributed by atoms with E-state index in [1.807, 2.05) is 6.92 Å². The molecule has 1 saturated heterocycles. The summed E-state index contributed by atoms with van der Waals surface area (Å²) in [7, 11) is -4.31. The van der Waals surface area contributed by atoms with Crippen molar-refractivity contribution < 1.29 is 37.1 Å². The topological polar surface area (TPSA) is 130 Å². The average molecular weight is 414 g/mol. The van der Waals surface area contributed by atoms with Gasteiger partial charge in [-0.2, -0.15) is 8.42 Å². The molecule has 1 aliphatic rings. The van der Waals surface area contributed by atoms with Crippen molar-refractivity contribution >= 4 is 22.1 Å². The quantitative estimate of drug-likeness (QED) is 0.321. The summed E-state index contributed by atoms with van der Waals surface area (Å²) in [4.78, 5) is 23.4. The van der Waals surface area contributed by atoms with Gasteiger partial charge in [-0.1, -0.05) is 26.0 Å². The number of esters is 1. The van der Waals surface area contributed by atoms with Crippen molar-refractivity contribution in [2.24, 2.45) is 11.8 Å². The maximum atomic E-state index is 12.4. The van der Waals surface area contributed by atoms with Gasteiger partial charge in [-0.05, 0) is 42.9 Å². The fourth-order valence-electron chi connectivity index (χ4n) is 3.04. The van der Waals surface area contributed by atoms with E-state index in [2.05, 4.69) is 0 Å². The Kier molecular flexibility index (Phi) is 7.56. The van der Waals surface area contributed by atoms with Gasteiger partial charge in [-0.15, -0.1) is 0 Å². The van der Waals surface area contributed by atoms with Crippen molar-refractivity contribution in [3.05, 3.63) is 29.8 Å². The van der Waals surface area contributed by atoms with Crippen LogP contribution in [0.4, 0.5) is 0 Å². The first-order chi connectivity index (χ1) is 13.1. The second-order valence-electron chi connectivity index (χ2n) is 7.14. The summed E-state index contributed by atoms with van der Waals surface area (Å²) in [5, 5.41) is 9.26. The van der Waals surface area contributed by atoms with E-state index in [9.17, 15) is 23.1 Å². The molecule has 0 bridgehead atoms. The largest absolute Gasteiger partial charge is 0.481 e. The number of carboxylic acids is 1. The van der Waals surface area contributed by atoms with Gasteiger partial charge in [-0.3, -0.25) is 14.1 Å².